The van der Waals surface area contributed by atoms with E-state index < -0.39 is 19.9 Å². The van der Waals surface area contributed by atoms with E-state index in [2.05, 4.69) is 15.6 Å². The summed E-state index contributed by atoms with van der Waals surface area (Å²) in [4.78, 5) is 4.96. The lowest BCUT2D eigenvalue weighted by Crippen LogP contribution is -2.44. The number of halogens is 1. The Kier molecular flexibility index (Phi) is 9.37. The summed E-state index contributed by atoms with van der Waals surface area (Å²) < 4.78 is 50.3. The van der Waals surface area contributed by atoms with E-state index in [4.69, 9.17) is 0 Å². The number of sulfone groups is 1. The molecule has 2 N–H and O–H groups in total. The van der Waals surface area contributed by atoms with E-state index in [0.29, 0.717) is 49.4 Å². The maximum atomic E-state index is 12.7. The molecule has 0 radical (unpaired) electrons. The van der Waals surface area contributed by atoms with Crippen molar-refractivity contribution in [3.63, 3.8) is 0 Å². The molecule has 2 aliphatic heterocycles. The van der Waals surface area contributed by atoms with Crippen LogP contribution in [-0.2, 0) is 19.9 Å². The molecule has 1 unspecified atom stereocenters. The van der Waals surface area contributed by atoms with Crippen LogP contribution < -0.4 is 10.6 Å². The Morgan fingerprint density at radius 3 is 2.40 bits per heavy atom. The van der Waals surface area contributed by atoms with Gasteiger partial charge in [0.25, 0.3) is 0 Å². The molecule has 0 saturated carbocycles. The van der Waals surface area contributed by atoms with Crippen LogP contribution >= 0.6 is 24.0 Å². The minimum absolute atomic E-state index is 0. The van der Waals surface area contributed by atoms with Crippen LogP contribution in [-0.4, -0.2) is 70.8 Å². The van der Waals surface area contributed by atoms with E-state index in [1.807, 2.05) is 6.92 Å². The van der Waals surface area contributed by atoms with Crippen molar-refractivity contribution in [2.24, 2.45) is 10.9 Å². The Hall–Kier alpha value is -0.920. The number of hydrogen-bond acceptors (Lipinski definition) is 5. The number of aliphatic imine (C=N–C) groups is 1. The van der Waals surface area contributed by atoms with Crippen molar-refractivity contribution in [3.05, 3.63) is 30.3 Å². The molecule has 1 atom stereocenters. The average Bonchev–Trinajstić information content (AvgIpc) is 3.05. The highest BCUT2D eigenvalue weighted by atomic mass is 127. The highest BCUT2D eigenvalue weighted by Crippen LogP contribution is 2.24. The van der Waals surface area contributed by atoms with Gasteiger partial charge in [-0.1, -0.05) is 18.2 Å². The molecule has 3 rings (SSSR count). The Balaban J connectivity index is 0.00000320. The van der Waals surface area contributed by atoms with Crippen LogP contribution in [0, 0.1) is 5.92 Å². The van der Waals surface area contributed by atoms with Crippen LogP contribution in [0.5, 0.6) is 0 Å². The molecule has 170 valence electrons. The predicted octanol–water partition coefficient (Wildman–Crippen LogP) is 1.45. The standard InChI is InChI=1S/C19H30N4O4S2.HI/c1-2-20-19(22-17-10-13-28(24,25)15-17)21-14-16-8-11-23(12-9-16)29(26,27)18-6-4-3-5-7-18;/h3-7,16-17H,2,8-15H2,1H3,(H2,20,21,22);1H. The topological polar surface area (TPSA) is 108 Å². The average molecular weight is 571 g/mol. The summed E-state index contributed by atoms with van der Waals surface area (Å²) in [5.74, 6) is 1.31. The highest BCUT2D eigenvalue weighted by molar-refractivity contribution is 14.0. The first kappa shape index (κ1) is 25.3. The third-order valence-corrected chi connectivity index (χ3v) is 9.06. The molecular weight excluding hydrogens is 539 g/mol. The lowest BCUT2D eigenvalue weighted by Gasteiger charge is -2.30. The second kappa shape index (κ2) is 11.1. The van der Waals surface area contributed by atoms with Crippen LogP contribution in [0.3, 0.4) is 0 Å². The highest BCUT2D eigenvalue weighted by Gasteiger charge is 2.30. The minimum atomic E-state index is -3.44. The van der Waals surface area contributed by atoms with Crippen molar-refractivity contribution < 1.29 is 16.8 Å². The Labute approximate surface area is 196 Å². The SMILES string of the molecule is CCNC(=NCC1CCN(S(=O)(=O)c2ccccc2)CC1)NC1CCS(=O)(=O)C1.I. The number of rotatable bonds is 6. The first-order chi connectivity index (χ1) is 13.8. The lowest BCUT2D eigenvalue weighted by molar-refractivity contribution is 0.278. The van der Waals surface area contributed by atoms with Crippen LogP contribution in [0.2, 0.25) is 0 Å². The van der Waals surface area contributed by atoms with Gasteiger partial charge in [-0.05, 0) is 44.2 Å². The lowest BCUT2D eigenvalue weighted by atomic mass is 9.98. The van der Waals surface area contributed by atoms with E-state index in [1.54, 1.807) is 34.6 Å². The Morgan fingerprint density at radius 2 is 1.83 bits per heavy atom. The second-order valence-electron chi connectivity index (χ2n) is 7.62. The van der Waals surface area contributed by atoms with Crippen LogP contribution in [0.4, 0.5) is 0 Å². The molecule has 0 aromatic heterocycles. The number of sulfonamides is 1. The number of benzene rings is 1. The summed E-state index contributed by atoms with van der Waals surface area (Å²) in [6.07, 6.45) is 2.11. The number of piperidine rings is 1. The van der Waals surface area contributed by atoms with Crippen molar-refractivity contribution in [1.29, 1.82) is 0 Å². The van der Waals surface area contributed by atoms with Crippen LogP contribution in [0.25, 0.3) is 0 Å². The summed E-state index contributed by atoms with van der Waals surface area (Å²) in [5, 5.41) is 6.39. The zero-order chi connectivity index (χ0) is 20.9. The first-order valence-corrected chi connectivity index (χ1v) is 13.4. The van der Waals surface area contributed by atoms with Gasteiger partial charge in [0.2, 0.25) is 10.0 Å². The van der Waals surface area contributed by atoms with Gasteiger partial charge in [-0.25, -0.2) is 16.8 Å². The fourth-order valence-corrected chi connectivity index (χ4v) is 6.88. The maximum Gasteiger partial charge on any atom is 0.243 e. The van der Waals surface area contributed by atoms with E-state index >= 15 is 0 Å². The molecule has 11 heteroatoms. The second-order valence-corrected chi connectivity index (χ2v) is 11.8. The van der Waals surface area contributed by atoms with Gasteiger partial charge in [-0.15, -0.1) is 24.0 Å². The number of hydrogen-bond donors (Lipinski definition) is 2. The van der Waals surface area contributed by atoms with Gasteiger partial charge in [0.1, 0.15) is 0 Å². The monoisotopic (exact) mass is 570 g/mol. The summed E-state index contributed by atoms with van der Waals surface area (Å²) >= 11 is 0. The molecule has 2 saturated heterocycles. The van der Waals surface area contributed by atoms with Crippen molar-refractivity contribution in [2.75, 3.05) is 37.7 Å². The number of nitrogens with one attached hydrogen (secondary N) is 2. The molecule has 2 aliphatic rings. The zero-order valence-corrected chi connectivity index (χ0v) is 21.1. The van der Waals surface area contributed by atoms with Gasteiger partial charge >= 0.3 is 0 Å². The molecular formula is C19H31IN4O4S2. The predicted molar refractivity (Wildman–Crippen MR) is 130 cm³/mol. The zero-order valence-electron chi connectivity index (χ0n) is 17.2. The normalized spacial score (nSPS) is 23.0. The molecule has 8 nitrogen and oxygen atoms in total. The fraction of sp³-hybridized carbons (Fsp3) is 0.632. The largest absolute Gasteiger partial charge is 0.357 e. The number of guanidine groups is 1. The third-order valence-electron chi connectivity index (χ3n) is 5.38. The maximum absolute atomic E-state index is 12.7. The Bertz CT molecular complexity index is 915. The molecule has 0 aliphatic carbocycles. The van der Waals surface area contributed by atoms with Crippen molar-refractivity contribution in [3.8, 4) is 0 Å². The molecule has 0 amide bonds. The van der Waals surface area contributed by atoms with E-state index in [1.165, 1.54) is 0 Å². The molecule has 0 spiro atoms. The fourth-order valence-electron chi connectivity index (χ4n) is 3.72. The van der Waals surface area contributed by atoms with E-state index in [9.17, 15) is 16.8 Å². The summed E-state index contributed by atoms with van der Waals surface area (Å²) in [6, 6.07) is 8.43. The summed E-state index contributed by atoms with van der Waals surface area (Å²) in [6.45, 7) is 4.23. The molecule has 0 bridgehead atoms. The first-order valence-electron chi connectivity index (χ1n) is 10.1. The van der Waals surface area contributed by atoms with E-state index in [-0.39, 0.29) is 41.5 Å². The minimum Gasteiger partial charge on any atom is -0.357 e. The van der Waals surface area contributed by atoms with Gasteiger partial charge in [0.15, 0.2) is 15.8 Å². The van der Waals surface area contributed by atoms with Crippen molar-refractivity contribution >= 4 is 49.8 Å². The molecule has 2 fully saturated rings. The smallest absolute Gasteiger partial charge is 0.243 e. The van der Waals surface area contributed by atoms with Gasteiger partial charge in [0.05, 0.1) is 16.4 Å². The van der Waals surface area contributed by atoms with Gasteiger partial charge in [0, 0.05) is 32.2 Å². The van der Waals surface area contributed by atoms with Crippen molar-refractivity contribution in [2.45, 2.75) is 37.1 Å². The number of nitrogens with zero attached hydrogens (tertiary/aromatic N) is 2. The van der Waals surface area contributed by atoms with Gasteiger partial charge in [-0.3, -0.25) is 4.99 Å². The van der Waals surface area contributed by atoms with Crippen molar-refractivity contribution in [1.82, 2.24) is 14.9 Å². The van der Waals surface area contributed by atoms with E-state index in [0.717, 1.165) is 12.8 Å². The van der Waals surface area contributed by atoms with Gasteiger partial charge < -0.3 is 10.6 Å². The molecule has 30 heavy (non-hydrogen) atoms. The summed E-state index contributed by atoms with van der Waals surface area (Å²) in [7, 11) is -6.38. The molecule has 1 aromatic carbocycles. The quantitative estimate of drug-likeness (QED) is 0.305. The molecule has 2 heterocycles. The molecule has 1 aromatic rings. The van der Waals surface area contributed by atoms with Crippen LogP contribution in [0.1, 0.15) is 26.2 Å². The van der Waals surface area contributed by atoms with Crippen LogP contribution in [0.15, 0.2) is 40.2 Å². The Morgan fingerprint density at radius 1 is 1.17 bits per heavy atom. The summed E-state index contributed by atoms with van der Waals surface area (Å²) in [5.41, 5.74) is 0. The van der Waals surface area contributed by atoms with Gasteiger partial charge in [-0.2, -0.15) is 4.31 Å². The third kappa shape index (κ3) is 6.79.